The van der Waals surface area contributed by atoms with Gasteiger partial charge in [0.1, 0.15) is 6.54 Å². The lowest BCUT2D eigenvalue weighted by Crippen LogP contribution is -2.34. The molecule has 0 aliphatic carbocycles. The molecule has 0 unspecified atom stereocenters. The van der Waals surface area contributed by atoms with Gasteiger partial charge in [-0.1, -0.05) is 31.2 Å². The number of carbonyl (C=O) groups excluding carboxylic acids is 1. The van der Waals surface area contributed by atoms with E-state index in [0.29, 0.717) is 5.69 Å². The number of para-hydroxylation sites is 2. The first-order valence-electron chi connectivity index (χ1n) is 8.25. The van der Waals surface area contributed by atoms with Crippen LogP contribution in [0, 0.1) is 0 Å². The standard InChI is InChI=1S/C19H16F3N3O2/c1-2-12-6-5-7-13(10-12)23-16(26)11-25-15-9-4-3-8-14(15)24-17(18(25)27)19(20,21)22/h3-10H,2,11H2,1H3,(H,23,26). The third-order valence-corrected chi connectivity index (χ3v) is 4.04. The van der Waals surface area contributed by atoms with E-state index in [1.54, 1.807) is 24.3 Å². The Hall–Kier alpha value is -3.16. The number of fused-ring (bicyclic) bond motifs is 1. The minimum atomic E-state index is -4.91. The summed E-state index contributed by atoms with van der Waals surface area (Å²) in [7, 11) is 0. The van der Waals surface area contributed by atoms with Gasteiger partial charge in [0.05, 0.1) is 11.0 Å². The predicted molar refractivity (Wildman–Crippen MR) is 95.5 cm³/mol. The Bertz CT molecular complexity index is 1060. The molecule has 0 saturated heterocycles. The van der Waals surface area contributed by atoms with Crippen LogP contribution in [0.25, 0.3) is 11.0 Å². The van der Waals surface area contributed by atoms with Gasteiger partial charge in [0.15, 0.2) is 0 Å². The van der Waals surface area contributed by atoms with Crippen LogP contribution in [-0.2, 0) is 23.9 Å². The molecule has 0 fully saturated rings. The molecule has 1 aromatic heterocycles. The number of aryl methyl sites for hydroxylation is 1. The smallest absolute Gasteiger partial charge is 0.325 e. The lowest BCUT2D eigenvalue weighted by Gasteiger charge is -2.14. The van der Waals surface area contributed by atoms with Gasteiger partial charge in [0.25, 0.3) is 5.56 Å². The van der Waals surface area contributed by atoms with E-state index < -0.39 is 29.9 Å². The molecule has 140 valence electrons. The Labute approximate surface area is 152 Å². The fraction of sp³-hybridized carbons (Fsp3) is 0.211. The molecule has 3 aromatic rings. The van der Waals surface area contributed by atoms with Crippen molar-refractivity contribution in [2.24, 2.45) is 0 Å². The summed E-state index contributed by atoms with van der Waals surface area (Å²) in [5, 5.41) is 2.61. The number of nitrogens with one attached hydrogen (secondary N) is 1. The number of benzene rings is 2. The fourth-order valence-electron chi connectivity index (χ4n) is 2.75. The van der Waals surface area contributed by atoms with Crippen LogP contribution < -0.4 is 10.9 Å². The first-order valence-corrected chi connectivity index (χ1v) is 8.25. The maximum absolute atomic E-state index is 13.1. The van der Waals surface area contributed by atoms with Crippen molar-refractivity contribution in [2.45, 2.75) is 26.1 Å². The zero-order valence-electron chi connectivity index (χ0n) is 14.4. The van der Waals surface area contributed by atoms with E-state index in [1.807, 2.05) is 13.0 Å². The largest absolute Gasteiger partial charge is 0.438 e. The minimum absolute atomic E-state index is 0.00907. The number of rotatable bonds is 4. The molecule has 5 nitrogen and oxygen atoms in total. The number of aromatic nitrogens is 2. The number of nitrogens with zero attached hydrogens (tertiary/aromatic N) is 2. The third-order valence-electron chi connectivity index (χ3n) is 4.04. The summed E-state index contributed by atoms with van der Waals surface area (Å²) in [6, 6.07) is 13.0. The Morgan fingerprint density at radius 2 is 1.89 bits per heavy atom. The van der Waals surface area contributed by atoms with E-state index in [9.17, 15) is 22.8 Å². The van der Waals surface area contributed by atoms with Crippen LogP contribution >= 0.6 is 0 Å². The van der Waals surface area contributed by atoms with Crippen molar-refractivity contribution in [3.05, 3.63) is 70.1 Å². The molecule has 3 rings (SSSR count). The second-order valence-corrected chi connectivity index (χ2v) is 5.94. The van der Waals surface area contributed by atoms with Gasteiger partial charge in [-0.05, 0) is 36.2 Å². The molecule has 2 aromatic carbocycles. The van der Waals surface area contributed by atoms with E-state index >= 15 is 0 Å². The van der Waals surface area contributed by atoms with E-state index in [0.717, 1.165) is 16.6 Å². The van der Waals surface area contributed by atoms with Crippen LogP contribution in [0.15, 0.2) is 53.3 Å². The predicted octanol–water partition coefficient (Wildman–Crippen LogP) is 3.62. The lowest BCUT2D eigenvalue weighted by molar-refractivity contribution is -0.142. The van der Waals surface area contributed by atoms with Gasteiger partial charge in [0.2, 0.25) is 11.6 Å². The highest BCUT2D eigenvalue weighted by atomic mass is 19.4. The van der Waals surface area contributed by atoms with Gasteiger partial charge in [-0.15, -0.1) is 0 Å². The van der Waals surface area contributed by atoms with Gasteiger partial charge in [-0.2, -0.15) is 13.2 Å². The van der Waals surface area contributed by atoms with Crippen molar-refractivity contribution in [1.82, 2.24) is 9.55 Å². The van der Waals surface area contributed by atoms with Crippen molar-refractivity contribution in [2.75, 3.05) is 5.32 Å². The van der Waals surface area contributed by atoms with Gasteiger partial charge >= 0.3 is 6.18 Å². The third kappa shape index (κ3) is 3.99. The molecule has 0 aliphatic heterocycles. The second kappa shape index (κ2) is 7.22. The highest BCUT2D eigenvalue weighted by Gasteiger charge is 2.37. The highest BCUT2D eigenvalue weighted by molar-refractivity contribution is 5.91. The van der Waals surface area contributed by atoms with E-state index in [4.69, 9.17) is 0 Å². The SMILES string of the molecule is CCc1cccc(NC(=O)Cn2c(=O)c(C(F)(F)F)nc3ccccc32)c1. The van der Waals surface area contributed by atoms with Gasteiger partial charge < -0.3 is 5.32 Å². The molecule has 0 radical (unpaired) electrons. The van der Waals surface area contributed by atoms with Crippen LogP contribution in [0.2, 0.25) is 0 Å². The molecule has 1 heterocycles. The van der Waals surface area contributed by atoms with E-state index in [2.05, 4.69) is 10.3 Å². The van der Waals surface area contributed by atoms with Crippen molar-refractivity contribution in [3.8, 4) is 0 Å². The molecule has 0 spiro atoms. The number of hydrogen-bond donors (Lipinski definition) is 1. The number of anilines is 1. The zero-order chi connectivity index (χ0) is 19.6. The number of hydrogen-bond acceptors (Lipinski definition) is 3. The van der Waals surface area contributed by atoms with Crippen LogP contribution in [-0.4, -0.2) is 15.5 Å². The molecular weight excluding hydrogens is 359 g/mol. The second-order valence-electron chi connectivity index (χ2n) is 5.94. The Morgan fingerprint density at radius 1 is 1.15 bits per heavy atom. The summed E-state index contributed by atoms with van der Waals surface area (Å²) in [5.41, 5.74) is -1.22. The summed E-state index contributed by atoms with van der Waals surface area (Å²) in [4.78, 5) is 28.1. The minimum Gasteiger partial charge on any atom is -0.325 e. The van der Waals surface area contributed by atoms with E-state index in [1.165, 1.54) is 18.2 Å². The summed E-state index contributed by atoms with van der Waals surface area (Å²) < 4.78 is 40.2. The summed E-state index contributed by atoms with van der Waals surface area (Å²) in [6.07, 6.45) is -4.14. The Morgan fingerprint density at radius 3 is 2.59 bits per heavy atom. The van der Waals surface area contributed by atoms with Crippen molar-refractivity contribution >= 4 is 22.6 Å². The number of halogens is 3. The fourth-order valence-corrected chi connectivity index (χ4v) is 2.75. The highest BCUT2D eigenvalue weighted by Crippen LogP contribution is 2.26. The summed E-state index contributed by atoms with van der Waals surface area (Å²) >= 11 is 0. The van der Waals surface area contributed by atoms with Gasteiger partial charge in [0, 0.05) is 5.69 Å². The quantitative estimate of drug-likeness (QED) is 0.758. The van der Waals surface area contributed by atoms with Gasteiger partial charge in [-0.3, -0.25) is 14.2 Å². The Kier molecular flexibility index (Phi) is 4.98. The van der Waals surface area contributed by atoms with Crippen LogP contribution in [0.3, 0.4) is 0 Å². The van der Waals surface area contributed by atoms with Crippen molar-refractivity contribution < 1.29 is 18.0 Å². The normalized spacial score (nSPS) is 11.6. The average molecular weight is 375 g/mol. The maximum Gasteiger partial charge on any atom is 0.438 e. The zero-order valence-corrected chi connectivity index (χ0v) is 14.4. The molecule has 8 heteroatoms. The molecule has 0 bridgehead atoms. The van der Waals surface area contributed by atoms with Crippen LogP contribution in [0.4, 0.5) is 18.9 Å². The molecule has 0 saturated carbocycles. The number of carbonyl (C=O) groups is 1. The topological polar surface area (TPSA) is 64.0 Å². The van der Waals surface area contributed by atoms with Gasteiger partial charge in [-0.25, -0.2) is 4.98 Å². The molecule has 1 N–H and O–H groups in total. The summed E-state index contributed by atoms with van der Waals surface area (Å²) in [6.45, 7) is 1.41. The van der Waals surface area contributed by atoms with Crippen LogP contribution in [0.1, 0.15) is 18.2 Å². The van der Waals surface area contributed by atoms with Crippen molar-refractivity contribution in [1.29, 1.82) is 0 Å². The molecule has 27 heavy (non-hydrogen) atoms. The molecule has 0 aliphatic rings. The molecular formula is C19H16F3N3O2. The number of alkyl halides is 3. The first kappa shape index (κ1) is 18.6. The van der Waals surface area contributed by atoms with Crippen LogP contribution in [0.5, 0.6) is 0 Å². The average Bonchev–Trinajstić information content (AvgIpc) is 2.63. The maximum atomic E-state index is 13.1. The lowest BCUT2D eigenvalue weighted by atomic mass is 10.1. The molecule has 1 amide bonds. The Balaban J connectivity index is 1.99. The monoisotopic (exact) mass is 375 g/mol. The van der Waals surface area contributed by atoms with E-state index in [-0.39, 0.29) is 11.0 Å². The summed E-state index contributed by atoms with van der Waals surface area (Å²) in [5.74, 6) is -0.602. The molecule has 0 atom stereocenters. The number of amides is 1. The first-order chi connectivity index (χ1) is 12.8. The van der Waals surface area contributed by atoms with Crippen molar-refractivity contribution in [3.63, 3.8) is 0 Å².